The van der Waals surface area contributed by atoms with Gasteiger partial charge in [-0.15, -0.1) is 0 Å². The summed E-state index contributed by atoms with van der Waals surface area (Å²) in [4.78, 5) is 25.9. The van der Waals surface area contributed by atoms with E-state index in [1.807, 2.05) is 0 Å². The minimum absolute atomic E-state index is 0.0179. The van der Waals surface area contributed by atoms with Crippen LogP contribution < -0.4 is 10.6 Å². The van der Waals surface area contributed by atoms with Crippen molar-refractivity contribution in [3.05, 3.63) is 29.8 Å². The lowest BCUT2D eigenvalue weighted by Gasteiger charge is -2.44. The number of thiocarbonyl (C=S) groups is 1. The van der Waals surface area contributed by atoms with Gasteiger partial charge in [-0.25, -0.2) is 4.79 Å². The largest absolute Gasteiger partial charge is 0.462 e. The first-order valence-electron chi connectivity index (χ1n) is 8.87. The van der Waals surface area contributed by atoms with Crippen molar-refractivity contribution in [3.8, 4) is 0 Å². The zero-order chi connectivity index (χ0) is 19.3. The fourth-order valence-electron chi connectivity index (χ4n) is 3.13. The Kier molecular flexibility index (Phi) is 6.58. The van der Waals surface area contributed by atoms with Crippen LogP contribution in [0.5, 0.6) is 0 Å². The van der Waals surface area contributed by atoms with Crippen LogP contribution in [0.1, 0.15) is 50.9 Å². The second-order valence-electron chi connectivity index (χ2n) is 7.16. The van der Waals surface area contributed by atoms with Gasteiger partial charge in [0, 0.05) is 30.2 Å². The highest BCUT2D eigenvalue weighted by Gasteiger charge is 2.32. The molecule has 26 heavy (non-hydrogen) atoms. The SMILES string of the molecule is CCOC(=O)c1ccc(NC(=O)CCN2C(=S)NC(C)(C)CC2C)cc1. The van der Waals surface area contributed by atoms with Crippen LogP contribution in [0.4, 0.5) is 5.69 Å². The normalized spacial score (nSPS) is 18.8. The first kappa shape index (κ1) is 20.2. The Hall–Kier alpha value is -2.15. The molecule has 0 radical (unpaired) electrons. The smallest absolute Gasteiger partial charge is 0.338 e. The lowest BCUT2D eigenvalue weighted by molar-refractivity contribution is -0.116. The van der Waals surface area contributed by atoms with Gasteiger partial charge in [0.15, 0.2) is 5.11 Å². The monoisotopic (exact) mass is 377 g/mol. The molecule has 2 N–H and O–H groups in total. The number of ether oxygens (including phenoxy) is 1. The van der Waals surface area contributed by atoms with Crippen LogP contribution in [-0.4, -0.2) is 46.6 Å². The number of esters is 1. The number of nitrogens with one attached hydrogen (secondary N) is 2. The fourth-order valence-corrected chi connectivity index (χ4v) is 3.68. The number of rotatable bonds is 6. The Bertz CT molecular complexity index is 673. The molecule has 0 aliphatic carbocycles. The second kappa shape index (κ2) is 8.49. The molecular weight excluding hydrogens is 350 g/mol. The molecule has 1 aliphatic heterocycles. The summed E-state index contributed by atoms with van der Waals surface area (Å²) < 4.78 is 4.94. The van der Waals surface area contributed by atoms with E-state index in [0.717, 1.165) is 6.42 Å². The molecule has 1 heterocycles. The van der Waals surface area contributed by atoms with E-state index in [9.17, 15) is 9.59 Å². The molecule has 1 amide bonds. The van der Waals surface area contributed by atoms with Crippen molar-refractivity contribution in [1.82, 2.24) is 10.2 Å². The van der Waals surface area contributed by atoms with Crippen LogP contribution in [0.2, 0.25) is 0 Å². The van der Waals surface area contributed by atoms with Gasteiger partial charge in [0.25, 0.3) is 0 Å². The molecule has 1 aliphatic rings. The van der Waals surface area contributed by atoms with E-state index in [1.54, 1.807) is 31.2 Å². The van der Waals surface area contributed by atoms with Gasteiger partial charge in [-0.05, 0) is 70.6 Å². The molecule has 142 valence electrons. The van der Waals surface area contributed by atoms with Gasteiger partial charge in [-0.3, -0.25) is 4.79 Å². The molecule has 0 spiro atoms. The number of hydrogen-bond donors (Lipinski definition) is 2. The second-order valence-corrected chi connectivity index (χ2v) is 7.54. The molecule has 1 atom stereocenters. The van der Waals surface area contributed by atoms with Gasteiger partial charge < -0.3 is 20.3 Å². The highest BCUT2D eigenvalue weighted by Crippen LogP contribution is 2.22. The van der Waals surface area contributed by atoms with Crippen molar-refractivity contribution in [1.29, 1.82) is 0 Å². The summed E-state index contributed by atoms with van der Waals surface area (Å²) in [5.41, 5.74) is 1.10. The number of carbonyl (C=O) groups is 2. The van der Waals surface area contributed by atoms with Crippen LogP contribution in [0.3, 0.4) is 0 Å². The average molecular weight is 378 g/mol. The van der Waals surface area contributed by atoms with Gasteiger partial charge in [-0.1, -0.05) is 0 Å². The lowest BCUT2D eigenvalue weighted by atomic mass is 9.93. The highest BCUT2D eigenvalue weighted by atomic mass is 32.1. The van der Waals surface area contributed by atoms with Crippen molar-refractivity contribution in [3.63, 3.8) is 0 Å². The summed E-state index contributed by atoms with van der Waals surface area (Å²) in [5, 5.41) is 6.86. The third-order valence-corrected chi connectivity index (χ3v) is 4.64. The third-order valence-electron chi connectivity index (χ3n) is 4.30. The standard InChI is InChI=1S/C19H27N3O3S/c1-5-25-17(24)14-6-8-15(9-7-14)20-16(23)10-11-22-13(2)12-19(3,4)21-18(22)26/h6-9,13H,5,10-12H2,1-4H3,(H,20,23)(H,21,26). The Morgan fingerprint density at radius 3 is 2.58 bits per heavy atom. The minimum Gasteiger partial charge on any atom is -0.462 e. The predicted octanol–water partition coefficient (Wildman–Crippen LogP) is 2.94. The maximum Gasteiger partial charge on any atom is 0.338 e. The van der Waals surface area contributed by atoms with E-state index in [0.29, 0.717) is 35.9 Å². The van der Waals surface area contributed by atoms with Crippen LogP contribution >= 0.6 is 12.2 Å². The van der Waals surface area contributed by atoms with Gasteiger partial charge >= 0.3 is 5.97 Å². The Balaban J connectivity index is 1.85. The molecule has 0 aromatic heterocycles. The molecule has 2 rings (SSSR count). The van der Waals surface area contributed by atoms with Crippen molar-refractivity contribution in [2.75, 3.05) is 18.5 Å². The van der Waals surface area contributed by atoms with E-state index in [4.69, 9.17) is 17.0 Å². The van der Waals surface area contributed by atoms with E-state index < -0.39 is 0 Å². The summed E-state index contributed by atoms with van der Waals surface area (Å²) in [6, 6.07) is 6.96. The van der Waals surface area contributed by atoms with Crippen molar-refractivity contribution >= 4 is 34.9 Å². The number of amides is 1. The topological polar surface area (TPSA) is 70.7 Å². The van der Waals surface area contributed by atoms with Gasteiger partial charge in [0.1, 0.15) is 0 Å². The van der Waals surface area contributed by atoms with Gasteiger partial charge in [-0.2, -0.15) is 0 Å². The average Bonchev–Trinajstić information content (AvgIpc) is 2.53. The molecule has 1 aromatic carbocycles. The van der Waals surface area contributed by atoms with Crippen molar-refractivity contribution < 1.29 is 14.3 Å². The lowest BCUT2D eigenvalue weighted by Crippen LogP contribution is -2.60. The molecule has 1 saturated heterocycles. The summed E-state index contributed by atoms with van der Waals surface area (Å²) in [6.45, 7) is 9.04. The maximum absolute atomic E-state index is 12.2. The maximum atomic E-state index is 12.2. The summed E-state index contributed by atoms with van der Waals surface area (Å²) in [7, 11) is 0. The summed E-state index contributed by atoms with van der Waals surface area (Å²) in [6.07, 6.45) is 1.30. The van der Waals surface area contributed by atoms with Crippen LogP contribution in [0.15, 0.2) is 24.3 Å². The summed E-state index contributed by atoms with van der Waals surface area (Å²) >= 11 is 5.43. The fraction of sp³-hybridized carbons (Fsp3) is 0.526. The first-order valence-corrected chi connectivity index (χ1v) is 9.28. The van der Waals surface area contributed by atoms with Crippen LogP contribution in [0, 0.1) is 0 Å². The molecular formula is C19H27N3O3S. The molecule has 1 unspecified atom stereocenters. The van der Waals surface area contributed by atoms with Crippen molar-refractivity contribution in [2.45, 2.75) is 52.1 Å². The molecule has 7 heteroatoms. The van der Waals surface area contributed by atoms with E-state index >= 15 is 0 Å². The first-order chi connectivity index (χ1) is 12.2. The number of hydrogen-bond acceptors (Lipinski definition) is 4. The van der Waals surface area contributed by atoms with E-state index in [1.165, 1.54) is 0 Å². The quantitative estimate of drug-likeness (QED) is 0.587. The molecule has 1 aromatic rings. The Labute approximate surface area is 160 Å². The Morgan fingerprint density at radius 2 is 2.00 bits per heavy atom. The van der Waals surface area contributed by atoms with E-state index in [-0.39, 0.29) is 23.5 Å². The van der Waals surface area contributed by atoms with Crippen LogP contribution in [0.25, 0.3) is 0 Å². The van der Waals surface area contributed by atoms with Gasteiger partial charge in [0.05, 0.1) is 12.2 Å². The van der Waals surface area contributed by atoms with Crippen molar-refractivity contribution in [2.24, 2.45) is 0 Å². The number of anilines is 1. The summed E-state index contributed by atoms with van der Waals surface area (Å²) in [5.74, 6) is -0.456. The number of nitrogens with zero attached hydrogens (tertiary/aromatic N) is 1. The molecule has 0 saturated carbocycles. The minimum atomic E-state index is -0.367. The molecule has 1 fully saturated rings. The molecule has 0 bridgehead atoms. The predicted molar refractivity (Wildman–Crippen MR) is 106 cm³/mol. The third kappa shape index (κ3) is 5.42. The number of carbonyl (C=O) groups excluding carboxylic acids is 2. The van der Waals surface area contributed by atoms with Gasteiger partial charge in [0.2, 0.25) is 5.91 Å². The molecule has 6 nitrogen and oxygen atoms in total. The highest BCUT2D eigenvalue weighted by molar-refractivity contribution is 7.80. The zero-order valence-corrected chi connectivity index (χ0v) is 16.6. The Morgan fingerprint density at radius 1 is 1.35 bits per heavy atom. The number of benzene rings is 1. The van der Waals surface area contributed by atoms with E-state index in [2.05, 4.69) is 36.3 Å². The van der Waals surface area contributed by atoms with Crippen LogP contribution in [-0.2, 0) is 9.53 Å². The zero-order valence-electron chi connectivity index (χ0n) is 15.8.